The van der Waals surface area contributed by atoms with Crippen LogP contribution in [-0.2, 0) is 19.4 Å². The second-order valence-electron chi connectivity index (χ2n) is 5.27. The monoisotopic (exact) mass is 277 g/mol. The number of hydrogen-bond donors (Lipinski definition) is 1. The Morgan fingerprint density at radius 2 is 2.05 bits per heavy atom. The summed E-state index contributed by atoms with van der Waals surface area (Å²) in [5, 5.41) is 0. The molecule has 1 unspecified atom stereocenters. The Kier molecular flexibility index (Phi) is 3.53. The maximum absolute atomic E-state index is 13.7. The lowest BCUT2D eigenvalue weighted by Crippen LogP contribution is -2.20. The fourth-order valence-electron chi connectivity index (χ4n) is 2.80. The minimum absolute atomic E-state index is 0.338. The summed E-state index contributed by atoms with van der Waals surface area (Å²) in [4.78, 5) is 4.39. The SMILES string of the molecule is NC(Cn1cnc2c1CCCC2)c1ccc(F)cc1F. The molecular formula is C15H17F2N3. The van der Waals surface area contributed by atoms with Crippen molar-refractivity contribution in [3.63, 3.8) is 0 Å². The maximum atomic E-state index is 13.7. The largest absolute Gasteiger partial charge is 0.332 e. The van der Waals surface area contributed by atoms with Gasteiger partial charge in [-0.25, -0.2) is 13.8 Å². The van der Waals surface area contributed by atoms with Gasteiger partial charge >= 0.3 is 0 Å². The molecule has 2 N–H and O–H groups in total. The van der Waals surface area contributed by atoms with Crippen LogP contribution < -0.4 is 5.73 Å². The highest BCUT2D eigenvalue weighted by atomic mass is 19.1. The van der Waals surface area contributed by atoms with Gasteiger partial charge in [-0.05, 0) is 31.7 Å². The molecule has 0 saturated heterocycles. The molecule has 1 atom stereocenters. The Balaban J connectivity index is 1.82. The van der Waals surface area contributed by atoms with E-state index < -0.39 is 17.7 Å². The highest BCUT2D eigenvalue weighted by Gasteiger charge is 2.18. The van der Waals surface area contributed by atoms with Gasteiger partial charge < -0.3 is 10.3 Å². The Bertz CT molecular complexity index is 622. The van der Waals surface area contributed by atoms with Gasteiger partial charge in [0.25, 0.3) is 0 Å². The van der Waals surface area contributed by atoms with E-state index in [1.165, 1.54) is 24.2 Å². The standard InChI is InChI=1S/C15H17F2N3/c16-10-5-6-11(12(17)7-10)13(18)8-20-9-19-14-3-1-2-4-15(14)20/h5-7,9,13H,1-4,8,18H2. The first-order valence-electron chi connectivity index (χ1n) is 6.88. The molecule has 0 bridgehead atoms. The van der Waals surface area contributed by atoms with E-state index in [4.69, 9.17) is 5.73 Å². The molecular weight excluding hydrogens is 260 g/mol. The van der Waals surface area contributed by atoms with Crippen molar-refractivity contribution >= 4 is 0 Å². The Labute approximate surface area is 116 Å². The van der Waals surface area contributed by atoms with Crippen molar-refractivity contribution in [2.75, 3.05) is 0 Å². The lowest BCUT2D eigenvalue weighted by Gasteiger charge is -2.18. The van der Waals surface area contributed by atoms with Gasteiger partial charge in [-0.2, -0.15) is 0 Å². The van der Waals surface area contributed by atoms with E-state index in [-0.39, 0.29) is 0 Å². The molecule has 0 spiro atoms. The summed E-state index contributed by atoms with van der Waals surface area (Å²) in [6, 6.07) is 3.02. The zero-order valence-corrected chi connectivity index (χ0v) is 11.1. The van der Waals surface area contributed by atoms with Gasteiger partial charge in [0.1, 0.15) is 11.6 Å². The van der Waals surface area contributed by atoms with Crippen molar-refractivity contribution in [3.05, 3.63) is 53.1 Å². The summed E-state index contributed by atoms with van der Waals surface area (Å²) in [6.07, 6.45) is 6.09. The summed E-state index contributed by atoms with van der Waals surface area (Å²) < 4.78 is 28.6. The van der Waals surface area contributed by atoms with E-state index >= 15 is 0 Å². The predicted octanol–water partition coefficient (Wildman–Crippen LogP) is 2.74. The van der Waals surface area contributed by atoms with Crippen LogP contribution in [0.25, 0.3) is 0 Å². The first-order valence-corrected chi connectivity index (χ1v) is 6.88. The Hall–Kier alpha value is -1.75. The van der Waals surface area contributed by atoms with E-state index in [9.17, 15) is 8.78 Å². The summed E-state index contributed by atoms with van der Waals surface area (Å²) in [5.74, 6) is -1.18. The third-order valence-electron chi connectivity index (χ3n) is 3.87. The number of nitrogens with two attached hydrogens (primary N) is 1. The molecule has 106 valence electrons. The fourth-order valence-corrected chi connectivity index (χ4v) is 2.80. The van der Waals surface area contributed by atoms with Crippen LogP contribution >= 0.6 is 0 Å². The van der Waals surface area contributed by atoms with Gasteiger partial charge in [-0.1, -0.05) is 6.07 Å². The molecule has 1 aromatic heterocycles. The van der Waals surface area contributed by atoms with Crippen molar-refractivity contribution in [3.8, 4) is 0 Å². The van der Waals surface area contributed by atoms with E-state index in [1.54, 1.807) is 6.33 Å². The summed E-state index contributed by atoms with van der Waals surface area (Å²) in [7, 11) is 0. The van der Waals surface area contributed by atoms with Gasteiger partial charge in [-0.3, -0.25) is 0 Å². The van der Waals surface area contributed by atoms with Gasteiger partial charge in [0, 0.05) is 23.9 Å². The number of hydrogen-bond acceptors (Lipinski definition) is 2. The summed E-state index contributed by atoms with van der Waals surface area (Å²) in [6.45, 7) is 0.463. The molecule has 1 heterocycles. The molecule has 1 aromatic carbocycles. The van der Waals surface area contributed by atoms with Crippen LogP contribution in [0.3, 0.4) is 0 Å². The molecule has 3 nitrogen and oxygen atoms in total. The Morgan fingerprint density at radius 3 is 2.85 bits per heavy atom. The fraction of sp³-hybridized carbons (Fsp3) is 0.400. The van der Waals surface area contributed by atoms with Crippen LogP contribution in [0.4, 0.5) is 8.78 Å². The molecule has 20 heavy (non-hydrogen) atoms. The van der Waals surface area contributed by atoms with Gasteiger partial charge in [0.05, 0.1) is 18.1 Å². The second-order valence-corrected chi connectivity index (χ2v) is 5.27. The van der Waals surface area contributed by atoms with Crippen molar-refractivity contribution in [2.45, 2.75) is 38.3 Å². The van der Waals surface area contributed by atoms with Gasteiger partial charge in [0.15, 0.2) is 0 Å². The molecule has 0 radical (unpaired) electrons. The molecule has 1 aliphatic rings. The number of benzene rings is 1. The quantitative estimate of drug-likeness (QED) is 0.937. The number of aromatic nitrogens is 2. The number of rotatable bonds is 3. The molecule has 0 fully saturated rings. The molecule has 3 rings (SSSR count). The molecule has 5 heteroatoms. The third-order valence-corrected chi connectivity index (χ3v) is 3.87. The predicted molar refractivity (Wildman–Crippen MR) is 72.2 cm³/mol. The van der Waals surface area contributed by atoms with Crippen LogP contribution in [0.2, 0.25) is 0 Å². The third kappa shape index (κ3) is 2.45. The van der Waals surface area contributed by atoms with Crippen LogP contribution in [0.5, 0.6) is 0 Å². The minimum atomic E-state index is -0.591. The number of aryl methyl sites for hydroxylation is 1. The van der Waals surface area contributed by atoms with Gasteiger partial charge in [0.2, 0.25) is 0 Å². The lowest BCUT2D eigenvalue weighted by atomic mass is 10.0. The van der Waals surface area contributed by atoms with E-state index in [2.05, 4.69) is 4.98 Å². The molecule has 0 saturated carbocycles. The van der Waals surface area contributed by atoms with Gasteiger partial charge in [-0.15, -0.1) is 0 Å². The van der Waals surface area contributed by atoms with Crippen LogP contribution in [0.1, 0.15) is 35.8 Å². The number of halogens is 2. The summed E-state index contributed by atoms with van der Waals surface area (Å²) >= 11 is 0. The summed E-state index contributed by atoms with van der Waals surface area (Å²) in [5.41, 5.74) is 8.73. The van der Waals surface area contributed by atoms with Crippen molar-refractivity contribution in [2.24, 2.45) is 5.73 Å². The van der Waals surface area contributed by atoms with Crippen molar-refractivity contribution < 1.29 is 8.78 Å². The highest BCUT2D eigenvalue weighted by Crippen LogP contribution is 2.23. The van der Waals surface area contributed by atoms with Crippen LogP contribution in [0.15, 0.2) is 24.5 Å². The molecule has 2 aromatic rings. The minimum Gasteiger partial charge on any atom is -0.332 e. The highest BCUT2D eigenvalue weighted by molar-refractivity contribution is 5.23. The average molecular weight is 277 g/mol. The second kappa shape index (κ2) is 5.32. The van der Waals surface area contributed by atoms with Crippen molar-refractivity contribution in [1.82, 2.24) is 9.55 Å². The van der Waals surface area contributed by atoms with Crippen molar-refractivity contribution in [1.29, 1.82) is 0 Å². The van der Waals surface area contributed by atoms with E-state index in [1.807, 2.05) is 4.57 Å². The number of fused-ring (bicyclic) bond motifs is 1. The van der Waals surface area contributed by atoms with Crippen LogP contribution in [-0.4, -0.2) is 9.55 Å². The number of imidazole rings is 1. The average Bonchev–Trinajstić information content (AvgIpc) is 2.82. The zero-order valence-electron chi connectivity index (χ0n) is 11.1. The lowest BCUT2D eigenvalue weighted by molar-refractivity contribution is 0.507. The number of nitrogens with zero attached hydrogens (tertiary/aromatic N) is 2. The molecule has 0 amide bonds. The first kappa shape index (κ1) is 13.2. The van der Waals surface area contributed by atoms with E-state index in [0.717, 1.165) is 31.0 Å². The topological polar surface area (TPSA) is 43.8 Å². The molecule has 1 aliphatic carbocycles. The molecule has 0 aliphatic heterocycles. The zero-order chi connectivity index (χ0) is 14.1. The first-order chi connectivity index (χ1) is 9.65. The van der Waals surface area contributed by atoms with E-state index in [0.29, 0.717) is 12.1 Å². The van der Waals surface area contributed by atoms with Crippen LogP contribution in [0, 0.1) is 11.6 Å². The maximum Gasteiger partial charge on any atom is 0.130 e. The normalized spacial score (nSPS) is 15.9. The Morgan fingerprint density at radius 1 is 1.25 bits per heavy atom. The smallest absolute Gasteiger partial charge is 0.130 e.